The minimum absolute atomic E-state index is 0.736. The minimum Gasteiger partial charge on any atom is -0.354 e. The molecule has 220 valence electrons. The van der Waals surface area contributed by atoms with Crippen LogP contribution in [0.3, 0.4) is 0 Å². The van der Waals surface area contributed by atoms with Gasteiger partial charge < -0.3 is 19.8 Å². The standard InChI is InChI=1S/C40H28N2O2P2/c43-45-35-19-17-25-9-5-7-15-31(25)39(35)42-40-32-16-8-6-10-26(32)18-20-36(40)46(44)38-24-30-14-4-2-12-28(30)22-34(38)41-33-21-27-11-1-3-13-29(27)23-37(33)45/h1-24,41-42,45-46H. The molecular formula is C40H28N2O2P2. The maximum atomic E-state index is 15.0. The van der Waals surface area contributed by atoms with E-state index in [0.29, 0.717) is 0 Å². The lowest BCUT2D eigenvalue weighted by Crippen LogP contribution is -2.20. The first-order valence-electron chi connectivity index (χ1n) is 15.3. The van der Waals surface area contributed by atoms with Crippen LogP contribution in [0.1, 0.15) is 0 Å². The summed E-state index contributed by atoms with van der Waals surface area (Å²) in [6.07, 6.45) is 0. The zero-order valence-electron chi connectivity index (χ0n) is 24.7. The Morgan fingerprint density at radius 2 is 0.717 bits per heavy atom. The number of nitrogens with one attached hydrogen (secondary N) is 2. The first-order chi connectivity index (χ1) is 22.6. The van der Waals surface area contributed by atoms with E-state index >= 15 is 9.13 Å². The Kier molecular flexibility index (Phi) is 6.35. The van der Waals surface area contributed by atoms with Crippen molar-refractivity contribution in [2.75, 3.05) is 10.6 Å². The van der Waals surface area contributed by atoms with Crippen LogP contribution in [0.15, 0.2) is 146 Å². The molecule has 2 unspecified atom stereocenters. The number of benzene rings is 8. The molecule has 8 aromatic rings. The highest BCUT2D eigenvalue weighted by molar-refractivity contribution is 7.63. The summed E-state index contributed by atoms with van der Waals surface area (Å²) in [6.45, 7) is 0. The molecule has 1 aliphatic heterocycles. The van der Waals surface area contributed by atoms with Gasteiger partial charge in [0.25, 0.3) is 0 Å². The molecular weight excluding hydrogens is 602 g/mol. The largest absolute Gasteiger partial charge is 0.354 e. The molecule has 0 aromatic heterocycles. The predicted octanol–water partition coefficient (Wildman–Crippen LogP) is 9.12. The van der Waals surface area contributed by atoms with E-state index in [1.54, 1.807) is 0 Å². The summed E-state index contributed by atoms with van der Waals surface area (Å²) in [5, 5.41) is 18.5. The average molecular weight is 631 g/mol. The van der Waals surface area contributed by atoms with Gasteiger partial charge in [0, 0.05) is 43.4 Å². The van der Waals surface area contributed by atoms with Crippen LogP contribution in [0.25, 0.3) is 43.1 Å². The average Bonchev–Trinajstić information content (AvgIpc) is 3.10. The number of hydrogen-bond donors (Lipinski definition) is 2. The predicted molar refractivity (Wildman–Crippen MR) is 199 cm³/mol. The highest BCUT2D eigenvalue weighted by atomic mass is 31.1. The van der Waals surface area contributed by atoms with E-state index in [2.05, 4.69) is 83.4 Å². The summed E-state index contributed by atoms with van der Waals surface area (Å²) >= 11 is 0. The van der Waals surface area contributed by atoms with Crippen molar-refractivity contribution in [1.29, 1.82) is 0 Å². The van der Waals surface area contributed by atoms with Crippen LogP contribution in [0, 0.1) is 0 Å². The summed E-state index contributed by atoms with van der Waals surface area (Å²) in [6, 6.07) is 49.0. The quantitative estimate of drug-likeness (QED) is 0.164. The highest BCUT2D eigenvalue weighted by Gasteiger charge is 2.25. The Morgan fingerprint density at radius 3 is 1.15 bits per heavy atom. The zero-order chi connectivity index (χ0) is 30.8. The van der Waals surface area contributed by atoms with Crippen molar-refractivity contribution >= 4 is 103 Å². The molecule has 0 amide bonds. The van der Waals surface area contributed by atoms with Crippen molar-refractivity contribution in [1.82, 2.24) is 0 Å². The molecule has 0 fully saturated rings. The minimum atomic E-state index is -2.57. The number of hydrogen-bond acceptors (Lipinski definition) is 4. The van der Waals surface area contributed by atoms with E-state index in [4.69, 9.17) is 0 Å². The molecule has 9 rings (SSSR count). The summed E-state index contributed by atoms with van der Waals surface area (Å²) in [7, 11) is -5.14. The molecule has 8 aromatic carbocycles. The fraction of sp³-hybridized carbons (Fsp3) is 0. The van der Waals surface area contributed by atoms with E-state index in [9.17, 15) is 0 Å². The van der Waals surface area contributed by atoms with Gasteiger partial charge in [0.15, 0.2) is 0 Å². The van der Waals surface area contributed by atoms with Crippen molar-refractivity contribution in [2.24, 2.45) is 0 Å². The lowest BCUT2D eigenvalue weighted by atomic mass is 10.1. The first kappa shape index (κ1) is 27.2. The molecule has 0 saturated heterocycles. The fourth-order valence-corrected chi connectivity index (χ4v) is 10.0. The molecule has 46 heavy (non-hydrogen) atoms. The second-order valence-corrected chi connectivity index (χ2v) is 15.3. The Labute approximate surface area is 267 Å². The number of rotatable bonds is 0. The van der Waals surface area contributed by atoms with Crippen LogP contribution < -0.4 is 31.9 Å². The lowest BCUT2D eigenvalue weighted by Gasteiger charge is -2.23. The van der Waals surface area contributed by atoms with Gasteiger partial charge in [-0.3, -0.25) is 0 Å². The molecule has 0 bridgehead atoms. The van der Waals surface area contributed by atoms with E-state index in [1.807, 2.05) is 72.8 Å². The second kappa shape index (κ2) is 10.7. The number of fused-ring (bicyclic) bond motifs is 10. The Bertz CT molecular complexity index is 2420. The molecule has 4 nitrogen and oxygen atoms in total. The van der Waals surface area contributed by atoms with Crippen LogP contribution in [0.5, 0.6) is 0 Å². The van der Waals surface area contributed by atoms with E-state index in [1.165, 1.54) is 0 Å². The van der Waals surface area contributed by atoms with Gasteiger partial charge in [-0.15, -0.1) is 0 Å². The summed E-state index contributed by atoms with van der Waals surface area (Å²) in [4.78, 5) is 0. The molecule has 0 saturated carbocycles. The van der Waals surface area contributed by atoms with Crippen molar-refractivity contribution in [2.45, 2.75) is 0 Å². The van der Waals surface area contributed by atoms with Gasteiger partial charge in [-0.25, -0.2) is 0 Å². The third-order valence-electron chi connectivity index (χ3n) is 9.13. The summed E-state index contributed by atoms with van der Waals surface area (Å²) in [5.74, 6) is 0. The van der Waals surface area contributed by atoms with Crippen molar-refractivity contribution in [3.63, 3.8) is 0 Å². The van der Waals surface area contributed by atoms with Gasteiger partial charge in [0.05, 0.1) is 11.4 Å². The third kappa shape index (κ3) is 4.37. The normalized spacial score (nSPS) is 15.9. The Balaban J connectivity index is 1.42. The van der Waals surface area contributed by atoms with Crippen molar-refractivity contribution in [3.8, 4) is 0 Å². The monoisotopic (exact) mass is 630 g/mol. The van der Waals surface area contributed by atoms with Crippen molar-refractivity contribution in [3.05, 3.63) is 146 Å². The fourth-order valence-electron chi connectivity index (χ4n) is 6.81. The second-order valence-electron chi connectivity index (χ2n) is 11.8. The zero-order valence-corrected chi connectivity index (χ0v) is 26.7. The van der Waals surface area contributed by atoms with E-state index < -0.39 is 15.6 Å². The van der Waals surface area contributed by atoms with Gasteiger partial charge in [-0.05, 0) is 68.7 Å². The topological polar surface area (TPSA) is 58.2 Å². The van der Waals surface area contributed by atoms with Crippen LogP contribution in [0.4, 0.5) is 22.7 Å². The molecule has 1 aliphatic rings. The van der Waals surface area contributed by atoms with E-state index in [0.717, 1.165) is 87.1 Å². The lowest BCUT2D eigenvalue weighted by molar-refractivity contribution is 0.597. The molecule has 2 atom stereocenters. The Hall–Kier alpha value is -5.14. The van der Waals surface area contributed by atoms with Crippen LogP contribution in [0.2, 0.25) is 0 Å². The Morgan fingerprint density at radius 1 is 0.348 bits per heavy atom. The smallest absolute Gasteiger partial charge is 0.135 e. The van der Waals surface area contributed by atoms with Crippen molar-refractivity contribution < 1.29 is 9.13 Å². The molecule has 1 heterocycles. The van der Waals surface area contributed by atoms with Crippen LogP contribution in [-0.4, -0.2) is 0 Å². The summed E-state index contributed by atoms with van der Waals surface area (Å²) in [5.41, 5.74) is 3.08. The molecule has 2 N–H and O–H groups in total. The maximum absolute atomic E-state index is 15.0. The number of anilines is 4. The molecule has 0 aliphatic carbocycles. The van der Waals surface area contributed by atoms with Gasteiger partial charge in [-0.1, -0.05) is 109 Å². The van der Waals surface area contributed by atoms with Gasteiger partial charge >= 0.3 is 0 Å². The molecule has 6 heteroatoms. The maximum Gasteiger partial charge on any atom is 0.135 e. The van der Waals surface area contributed by atoms with Gasteiger partial charge in [0.2, 0.25) is 0 Å². The third-order valence-corrected chi connectivity index (χ3v) is 12.7. The summed E-state index contributed by atoms with van der Waals surface area (Å²) < 4.78 is 30.1. The SMILES string of the molecule is O=[PH]1c2cc3ccccc3cc2Nc2cc3ccccc3cc2[PH](=O)c2ccc3ccccc3c2Nc2c1ccc1ccccc21. The van der Waals surface area contributed by atoms with Crippen LogP contribution >= 0.6 is 15.6 Å². The molecule has 0 spiro atoms. The highest BCUT2D eigenvalue weighted by Crippen LogP contribution is 2.41. The van der Waals surface area contributed by atoms with Gasteiger partial charge in [-0.2, -0.15) is 0 Å². The van der Waals surface area contributed by atoms with Crippen LogP contribution in [-0.2, 0) is 9.13 Å². The van der Waals surface area contributed by atoms with Gasteiger partial charge in [0.1, 0.15) is 15.6 Å². The first-order valence-corrected chi connectivity index (χ1v) is 18.2. The molecule has 0 radical (unpaired) electrons. The van der Waals surface area contributed by atoms with E-state index in [-0.39, 0.29) is 0 Å².